The summed E-state index contributed by atoms with van der Waals surface area (Å²) in [5, 5.41) is 7.17. The van der Waals surface area contributed by atoms with E-state index in [0.717, 1.165) is 11.8 Å². The first-order valence-electron chi connectivity index (χ1n) is 3.56. The highest BCUT2D eigenvalue weighted by atomic mass is 32.2. The molecule has 3 N–H and O–H groups in total. The van der Waals surface area contributed by atoms with Crippen molar-refractivity contribution in [2.75, 3.05) is 13.2 Å². The predicted molar refractivity (Wildman–Crippen MR) is 50.2 cm³/mol. The smallest absolute Gasteiger partial charge is 0.294 e. The van der Waals surface area contributed by atoms with Gasteiger partial charge in [-0.05, 0) is 13.8 Å². The maximum Gasteiger partial charge on any atom is 0.294 e. The van der Waals surface area contributed by atoms with E-state index in [9.17, 15) is 0 Å². The van der Waals surface area contributed by atoms with E-state index in [4.69, 9.17) is 16.0 Å². The largest absolute Gasteiger partial charge is 0.378 e. The summed E-state index contributed by atoms with van der Waals surface area (Å²) in [5.74, 6) is 0. The number of hydrogen-bond donors (Lipinski definition) is 2. The molecule has 0 fully saturated rings. The molecule has 0 aromatic rings. The van der Waals surface area contributed by atoms with Gasteiger partial charge in [0.1, 0.15) is 0 Å². The Labute approximate surface area is 75.8 Å². The average Bonchev–Trinajstić information content (AvgIpc) is 2.00. The highest BCUT2D eigenvalue weighted by molar-refractivity contribution is 8.26. The molecule has 0 amide bonds. The van der Waals surface area contributed by atoms with E-state index < -0.39 is 0 Å². The summed E-state index contributed by atoms with van der Waals surface area (Å²) in [6, 6.07) is 0. The SMILES string of the molecule is CCN=C(OOCC)SC(=N)N. The predicted octanol–water partition coefficient (Wildman–Crippen LogP) is 0.957. The van der Waals surface area contributed by atoms with Crippen molar-refractivity contribution in [1.82, 2.24) is 0 Å². The molecular weight excluding hydrogens is 178 g/mol. The first-order chi connectivity index (χ1) is 5.70. The topological polar surface area (TPSA) is 80.7 Å². The van der Waals surface area contributed by atoms with E-state index in [1.54, 1.807) is 6.92 Å². The van der Waals surface area contributed by atoms with Gasteiger partial charge in [-0.1, -0.05) is 0 Å². The number of aliphatic imine (C=N–C) groups is 1. The molecule has 5 nitrogen and oxygen atoms in total. The van der Waals surface area contributed by atoms with Gasteiger partial charge in [0, 0.05) is 18.3 Å². The molecule has 0 unspecified atom stereocenters. The number of thioether (sulfide) groups is 1. The second-order valence-corrected chi connectivity index (χ2v) is 2.69. The lowest BCUT2D eigenvalue weighted by molar-refractivity contribution is -0.214. The fraction of sp³-hybridized carbons (Fsp3) is 0.667. The Balaban J connectivity index is 3.87. The highest BCUT2D eigenvalue weighted by Crippen LogP contribution is 2.04. The van der Waals surface area contributed by atoms with Crippen LogP contribution in [0.2, 0.25) is 0 Å². The van der Waals surface area contributed by atoms with E-state index in [1.165, 1.54) is 0 Å². The van der Waals surface area contributed by atoms with E-state index in [-0.39, 0.29) is 10.4 Å². The van der Waals surface area contributed by atoms with Crippen molar-refractivity contribution in [3.05, 3.63) is 0 Å². The van der Waals surface area contributed by atoms with Crippen LogP contribution in [0.5, 0.6) is 0 Å². The van der Waals surface area contributed by atoms with Gasteiger partial charge in [-0.3, -0.25) is 5.41 Å². The summed E-state index contributed by atoms with van der Waals surface area (Å²) in [6.07, 6.45) is 0. The van der Waals surface area contributed by atoms with Crippen LogP contribution in [0.4, 0.5) is 0 Å². The third-order valence-corrected chi connectivity index (χ3v) is 1.32. The Kier molecular flexibility index (Phi) is 6.50. The molecule has 0 saturated carbocycles. The van der Waals surface area contributed by atoms with Gasteiger partial charge in [0.2, 0.25) is 0 Å². The molecule has 70 valence electrons. The van der Waals surface area contributed by atoms with Crippen molar-refractivity contribution in [3.8, 4) is 0 Å². The van der Waals surface area contributed by atoms with Gasteiger partial charge in [-0.25, -0.2) is 4.99 Å². The van der Waals surface area contributed by atoms with Gasteiger partial charge in [0.25, 0.3) is 5.23 Å². The number of nitrogens with two attached hydrogens (primary N) is 1. The van der Waals surface area contributed by atoms with Crippen LogP contribution in [-0.2, 0) is 9.78 Å². The second-order valence-electron chi connectivity index (χ2n) is 1.70. The number of rotatable bonds is 3. The van der Waals surface area contributed by atoms with Crippen LogP contribution >= 0.6 is 11.8 Å². The zero-order chi connectivity index (χ0) is 9.40. The molecule has 0 aliphatic rings. The molecule has 0 aliphatic heterocycles. The molecule has 0 saturated heterocycles. The summed E-state index contributed by atoms with van der Waals surface area (Å²) < 4.78 is 0. The van der Waals surface area contributed by atoms with Gasteiger partial charge in [0.05, 0.1) is 6.61 Å². The first kappa shape index (κ1) is 11.2. The normalized spacial score (nSPS) is 11.3. The lowest BCUT2D eigenvalue weighted by Gasteiger charge is -2.03. The van der Waals surface area contributed by atoms with Crippen LogP contribution in [0, 0.1) is 5.41 Å². The number of amidine groups is 1. The molecule has 0 aliphatic carbocycles. The standard InChI is InChI=1S/C6H13N3O2S/c1-3-9-6(11-10-4-2)12-5(7)8/h3-4H2,1-2H3,(H3,7,8). The van der Waals surface area contributed by atoms with Crippen molar-refractivity contribution in [2.45, 2.75) is 13.8 Å². The molecule has 6 heteroatoms. The van der Waals surface area contributed by atoms with Crippen LogP contribution < -0.4 is 5.73 Å². The van der Waals surface area contributed by atoms with Gasteiger partial charge in [-0.2, -0.15) is 4.89 Å². The third-order valence-electron chi connectivity index (χ3n) is 0.733. The van der Waals surface area contributed by atoms with Crippen LogP contribution in [0.15, 0.2) is 4.99 Å². The molecule has 0 radical (unpaired) electrons. The van der Waals surface area contributed by atoms with E-state index in [0.29, 0.717) is 13.2 Å². The zero-order valence-corrected chi connectivity index (χ0v) is 7.98. The summed E-state index contributed by atoms with van der Waals surface area (Å²) in [7, 11) is 0. The van der Waals surface area contributed by atoms with E-state index in [1.807, 2.05) is 6.92 Å². The van der Waals surface area contributed by atoms with E-state index in [2.05, 4.69) is 9.88 Å². The number of nitrogens with zero attached hydrogens (tertiary/aromatic N) is 1. The Bertz CT molecular complexity index is 172. The first-order valence-corrected chi connectivity index (χ1v) is 4.38. The number of nitrogens with one attached hydrogen (secondary N) is 1. The fourth-order valence-corrected chi connectivity index (χ4v) is 0.872. The maximum absolute atomic E-state index is 6.96. The molecule has 0 spiro atoms. The minimum atomic E-state index is -0.0677. The van der Waals surface area contributed by atoms with Gasteiger partial charge < -0.3 is 10.6 Å². The lowest BCUT2D eigenvalue weighted by atomic mass is 10.8. The molecular formula is C6H13N3O2S. The van der Waals surface area contributed by atoms with E-state index >= 15 is 0 Å². The van der Waals surface area contributed by atoms with Crippen molar-refractivity contribution < 1.29 is 9.78 Å². The van der Waals surface area contributed by atoms with Crippen LogP contribution in [0.25, 0.3) is 0 Å². The monoisotopic (exact) mass is 191 g/mol. The molecule has 12 heavy (non-hydrogen) atoms. The lowest BCUT2D eigenvalue weighted by Crippen LogP contribution is -2.11. The minimum Gasteiger partial charge on any atom is -0.378 e. The van der Waals surface area contributed by atoms with Crippen LogP contribution in [-0.4, -0.2) is 23.5 Å². The Hall–Kier alpha value is -0.750. The summed E-state index contributed by atoms with van der Waals surface area (Å²) in [5.41, 5.74) is 5.13. The minimum absolute atomic E-state index is 0.0677. The van der Waals surface area contributed by atoms with Crippen LogP contribution in [0.1, 0.15) is 13.8 Å². The van der Waals surface area contributed by atoms with Crippen molar-refractivity contribution in [2.24, 2.45) is 10.7 Å². The second kappa shape index (κ2) is 6.93. The van der Waals surface area contributed by atoms with Gasteiger partial charge in [-0.15, -0.1) is 0 Å². The zero-order valence-electron chi connectivity index (χ0n) is 7.16. The Morgan fingerprint density at radius 3 is 2.67 bits per heavy atom. The number of hydrogen-bond acceptors (Lipinski definition) is 5. The Morgan fingerprint density at radius 1 is 1.58 bits per heavy atom. The summed E-state index contributed by atoms with van der Waals surface area (Å²) in [6.45, 7) is 4.65. The van der Waals surface area contributed by atoms with Gasteiger partial charge in [0.15, 0.2) is 5.17 Å². The molecule has 0 bridgehead atoms. The molecule has 0 rings (SSSR count). The van der Waals surface area contributed by atoms with Gasteiger partial charge >= 0.3 is 0 Å². The fourth-order valence-electron chi connectivity index (χ4n) is 0.408. The van der Waals surface area contributed by atoms with Crippen molar-refractivity contribution in [3.63, 3.8) is 0 Å². The average molecular weight is 191 g/mol. The Morgan fingerprint density at radius 2 is 2.25 bits per heavy atom. The molecule has 0 aromatic heterocycles. The molecule has 0 heterocycles. The van der Waals surface area contributed by atoms with Crippen molar-refractivity contribution in [1.29, 1.82) is 5.41 Å². The molecule has 0 aromatic carbocycles. The van der Waals surface area contributed by atoms with Crippen LogP contribution in [0.3, 0.4) is 0 Å². The summed E-state index contributed by atoms with van der Waals surface area (Å²) in [4.78, 5) is 13.3. The highest BCUT2D eigenvalue weighted by Gasteiger charge is 2.03. The molecule has 0 atom stereocenters. The third kappa shape index (κ3) is 5.99. The quantitative estimate of drug-likeness (QED) is 0.301. The van der Waals surface area contributed by atoms with Crippen molar-refractivity contribution >= 4 is 22.2 Å². The maximum atomic E-state index is 6.96. The summed E-state index contributed by atoms with van der Waals surface area (Å²) >= 11 is 0.928.